The largest absolute Gasteiger partial charge is 0.497 e. The van der Waals surface area contributed by atoms with Crippen LogP contribution in [0.4, 0.5) is 5.69 Å². The number of ether oxygens (including phenoxy) is 2. The molecule has 1 atom stereocenters. The minimum absolute atomic E-state index is 0.0449. The first kappa shape index (κ1) is 22.6. The monoisotopic (exact) mass is 443 g/mol. The van der Waals surface area contributed by atoms with E-state index in [1.165, 1.54) is 11.3 Å². The molecular weight excluding hydrogens is 410 g/mol. The van der Waals surface area contributed by atoms with E-state index in [4.69, 9.17) is 9.47 Å². The molecule has 2 fully saturated rings. The first-order valence-corrected chi connectivity index (χ1v) is 11.7. The van der Waals surface area contributed by atoms with E-state index in [0.29, 0.717) is 51.1 Å². The Kier molecular flexibility index (Phi) is 7.29. The van der Waals surface area contributed by atoms with Gasteiger partial charge in [0.1, 0.15) is 12.3 Å². The summed E-state index contributed by atoms with van der Waals surface area (Å²) in [5.74, 6) is -0.614. The summed E-state index contributed by atoms with van der Waals surface area (Å²) in [5, 5.41) is 3.21. The lowest BCUT2D eigenvalue weighted by Gasteiger charge is -2.32. The van der Waals surface area contributed by atoms with Crippen LogP contribution in [-0.2, 0) is 19.1 Å². The fourth-order valence-electron chi connectivity index (χ4n) is 4.96. The third kappa shape index (κ3) is 5.06. The van der Waals surface area contributed by atoms with E-state index in [9.17, 15) is 14.4 Å². The molecule has 2 amide bonds. The van der Waals surface area contributed by atoms with E-state index in [1.807, 2.05) is 12.1 Å². The summed E-state index contributed by atoms with van der Waals surface area (Å²) in [6.07, 6.45) is 5.57. The molecule has 1 aromatic carbocycles. The molecule has 4 rings (SSSR count). The second-order valence-electron chi connectivity index (χ2n) is 8.93. The summed E-state index contributed by atoms with van der Waals surface area (Å²) in [6, 6.07) is 5.49. The van der Waals surface area contributed by atoms with Gasteiger partial charge in [-0.3, -0.25) is 14.4 Å². The number of carbonyl (C=O) groups is 3. The highest BCUT2D eigenvalue weighted by Gasteiger charge is 2.37. The highest BCUT2D eigenvalue weighted by atomic mass is 16.5. The van der Waals surface area contributed by atoms with Gasteiger partial charge in [0.05, 0.1) is 26.2 Å². The summed E-state index contributed by atoms with van der Waals surface area (Å²) in [4.78, 5) is 42.8. The van der Waals surface area contributed by atoms with E-state index in [0.717, 1.165) is 36.9 Å². The van der Waals surface area contributed by atoms with Crippen LogP contribution < -0.4 is 10.1 Å². The number of amides is 2. The van der Waals surface area contributed by atoms with Crippen molar-refractivity contribution in [3.8, 4) is 5.75 Å². The van der Waals surface area contributed by atoms with Gasteiger partial charge in [-0.2, -0.15) is 0 Å². The average molecular weight is 444 g/mol. The van der Waals surface area contributed by atoms with Crippen molar-refractivity contribution in [3.05, 3.63) is 23.8 Å². The summed E-state index contributed by atoms with van der Waals surface area (Å²) < 4.78 is 10.6. The maximum absolute atomic E-state index is 13.4. The Morgan fingerprint density at radius 3 is 2.62 bits per heavy atom. The third-order valence-electron chi connectivity index (χ3n) is 6.84. The minimum Gasteiger partial charge on any atom is -0.497 e. The van der Waals surface area contributed by atoms with Crippen molar-refractivity contribution < 1.29 is 23.9 Å². The van der Waals surface area contributed by atoms with Crippen molar-refractivity contribution in [1.29, 1.82) is 0 Å². The molecule has 0 radical (unpaired) electrons. The number of benzene rings is 1. The maximum atomic E-state index is 13.4. The number of Topliss-reactive ketones (excluding diaryl/α,β-unsaturated/α-hetero) is 1. The van der Waals surface area contributed by atoms with Crippen LogP contribution >= 0.6 is 0 Å². The first-order valence-electron chi connectivity index (χ1n) is 11.7. The lowest BCUT2D eigenvalue weighted by molar-refractivity contribution is -0.149. The Bertz CT molecular complexity index is 846. The van der Waals surface area contributed by atoms with Gasteiger partial charge >= 0.3 is 0 Å². The zero-order chi connectivity index (χ0) is 22.5. The molecule has 174 valence electrons. The van der Waals surface area contributed by atoms with Crippen LogP contribution in [-0.4, -0.2) is 80.4 Å². The van der Waals surface area contributed by atoms with Gasteiger partial charge in [0, 0.05) is 37.9 Å². The van der Waals surface area contributed by atoms with Crippen molar-refractivity contribution in [2.24, 2.45) is 5.92 Å². The highest BCUT2D eigenvalue weighted by molar-refractivity contribution is 6.38. The van der Waals surface area contributed by atoms with Gasteiger partial charge in [0.2, 0.25) is 11.7 Å². The van der Waals surface area contributed by atoms with Gasteiger partial charge in [-0.15, -0.1) is 0 Å². The molecule has 0 aromatic heterocycles. The van der Waals surface area contributed by atoms with Gasteiger partial charge in [-0.25, -0.2) is 0 Å². The number of hydrogen-bond donors (Lipinski definition) is 1. The Balaban J connectivity index is 1.48. The predicted octanol–water partition coefficient (Wildman–Crippen LogP) is 2.04. The fraction of sp³-hybridized carbons (Fsp3) is 0.625. The molecule has 3 aliphatic rings. The minimum atomic E-state index is -0.548. The van der Waals surface area contributed by atoms with E-state index in [2.05, 4.69) is 5.32 Å². The first-order chi connectivity index (χ1) is 15.6. The highest BCUT2D eigenvalue weighted by Crippen LogP contribution is 2.35. The number of rotatable bonds is 7. The molecule has 1 aliphatic carbocycles. The summed E-state index contributed by atoms with van der Waals surface area (Å²) in [7, 11) is 1.59. The topological polar surface area (TPSA) is 88.2 Å². The van der Waals surface area contributed by atoms with Crippen molar-refractivity contribution in [3.63, 3.8) is 0 Å². The molecule has 1 saturated carbocycles. The third-order valence-corrected chi connectivity index (χ3v) is 6.84. The van der Waals surface area contributed by atoms with Crippen molar-refractivity contribution in [2.75, 3.05) is 58.4 Å². The Morgan fingerprint density at radius 2 is 1.91 bits per heavy atom. The molecule has 1 N–H and O–H groups in total. The lowest BCUT2D eigenvalue weighted by atomic mass is 9.88. The molecule has 8 heteroatoms. The summed E-state index contributed by atoms with van der Waals surface area (Å²) in [6.45, 7) is 2.87. The number of fused-ring (bicyclic) bond motifs is 1. The maximum Gasteiger partial charge on any atom is 0.291 e. The number of anilines is 1. The number of carbonyl (C=O) groups excluding carboxylic acids is 3. The molecule has 1 saturated heterocycles. The standard InChI is InChI=1S/C24H33N3O5/c1-31-18-7-8-19-20(14-25-21(19)13-18)23(29)24(30)27(15-17-5-3-2-4-6-17)16-22(28)26-9-11-32-12-10-26/h7-8,13,17,20,25H,2-6,9-12,14-16H2,1H3. The Labute approximate surface area is 189 Å². The van der Waals surface area contributed by atoms with E-state index in [-0.39, 0.29) is 12.5 Å². The van der Waals surface area contributed by atoms with Gasteiger partial charge < -0.3 is 24.6 Å². The zero-order valence-electron chi connectivity index (χ0n) is 18.8. The van der Waals surface area contributed by atoms with Gasteiger partial charge in [0.25, 0.3) is 5.91 Å². The molecule has 0 spiro atoms. The second-order valence-corrected chi connectivity index (χ2v) is 8.93. The van der Waals surface area contributed by atoms with E-state index >= 15 is 0 Å². The quantitative estimate of drug-likeness (QED) is 0.649. The number of nitrogens with zero attached hydrogens (tertiary/aromatic N) is 2. The molecule has 32 heavy (non-hydrogen) atoms. The van der Waals surface area contributed by atoms with Crippen LogP contribution in [0, 0.1) is 5.92 Å². The van der Waals surface area contributed by atoms with E-state index in [1.54, 1.807) is 18.1 Å². The van der Waals surface area contributed by atoms with Crippen molar-refractivity contribution in [1.82, 2.24) is 9.80 Å². The van der Waals surface area contributed by atoms with Crippen LogP contribution in [0.15, 0.2) is 18.2 Å². The number of methoxy groups -OCH3 is 1. The Hall–Kier alpha value is -2.61. The molecule has 0 bridgehead atoms. The van der Waals surface area contributed by atoms with Gasteiger partial charge in [-0.05, 0) is 30.4 Å². The van der Waals surface area contributed by atoms with Gasteiger partial charge in [-0.1, -0.05) is 25.3 Å². The lowest BCUT2D eigenvalue weighted by Crippen LogP contribution is -2.50. The van der Waals surface area contributed by atoms with Crippen molar-refractivity contribution >= 4 is 23.3 Å². The molecule has 1 aromatic rings. The number of ketones is 1. The zero-order valence-corrected chi connectivity index (χ0v) is 18.8. The van der Waals surface area contributed by atoms with Crippen molar-refractivity contribution in [2.45, 2.75) is 38.0 Å². The van der Waals surface area contributed by atoms with Crippen LogP contribution in [0.1, 0.15) is 43.6 Å². The summed E-state index contributed by atoms with van der Waals surface area (Å²) >= 11 is 0. The van der Waals surface area contributed by atoms with Gasteiger partial charge in [0.15, 0.2) is 0 Å². The van der Waals surface area contributed by atoms with E-state index < -0.39 is 17.6 Å². The molecule has 1 unspecified atom stereocenters. The number of hydrogen-bond acceptors (Lipinski definition) is 6. The SMILES string of the molecule is COc1ccc2c(c1)NCC2C(=O)C(=O)N(CC(=O)N1CCOCC1)CC1CCCCC1. The van der Waals surface area contributed by atoms with Crippen LogP contribution in [0.25, 0.3) is 0 Å². The van der Waals surface area contributed by atoms with Crippen LogP contribution in [0.3, 0.4) is 0 Å². The number of nitrogens with one attached hydrogen (secondary N) is 1. The molecule has 2 heterocycles. The Morgan fingerprint density at radius 1 is 1.16 bits per heavy atom. The predicted molar refractivity (Wildman–Crippen MR) is 120 cm³/mol. The average Bonchev–Trinajstić information content (AvgIpc) is 3.27. The fourth-order valence-corrected chi connectivity index (χ4v) is 4.96. The summed E-state index contributed by atoms with van der Waals surface area (Å²) in [5.41, 5.74) is 1.62. The molecular formula is C24H33N3O5. The second kappa shape index (κ2) is 10.3. The normalized spacial score (nSPS) is 20.9. The number of morpholine rings is 1. The van der Waals surface area contributed by atoms with Crippen LogP contribution in [0.5, 0.6) is 5.75 Å². The smallest absolute Gasteiger partial charge is 0.291 e. The van der Waals surface area contributed by atoms with Crippen LogP contribution in [0.2, 0.25) is 0 Å². The molecule has 8 nitrogen and oxygen atoms in total. The molecule has 2 aliphatic heterocycles.